The molecule has 7 heteroatoms. The first-order chi connectivity index (χ1) is 9.69. The van der Waals surface area contributed by atoms with Crippen molar-refractivity contribution in [2.45, 2.75) is 18.9 Å². The Labute approximate surface area is 117 Å². The summed E-state index contributed by atoms with van der Waals surface area (Å²) in [7, 11) is 2.87. The molecule has 0 spiro atoms. The molecule has 1 amide bonds. The van der Waals surface area contributed by atoms with Crippen molar-refractivity contribution in [3.63, 3.8) is 0 Å². The first kappa shape index (κ1) is 14.4. The van der Waals surface area contributed by atoms with Gasteiger partial charge in [-0.05, 0) is 12.5 Å². The normalized spacial score (nSPS) is 20.1. The van der Waals surface area contributed by atoms with E-state index in [-0.39, 0.29) is 6.61 Å². The molecule has 0 saturated carbocycles. The highest BCUT2D eigenvalue weighted by atomic mass is 16.7. The predicted octanol–water partition coefficient (Wildman–Crippen LogP) is 2.51. The lowest BCUT2D eigenvalue weighted by atomic mass is 10.0. The summed E-state index contributed by atoms with van der Waals surface area (Å²) in [5.41, 5.74) is 0.826. The molecule has 0 radical (unpaired) electrons. The third-order valence-electron chi connectivity index (χ3n) is 3.04. The second kappa shape index (κ2) is 5.98. The highest BCUT2D eigenvalue weighted by Crippen LogP contribution is 2.41. The molecule has 7 nitrogen and oxygen atoms in total. The van der Waals surface area contributed by atoms with Crippen LogP contribution in [-0.2, 0) is 14.2 Å². The Morgan fingerprint density at radius 3 is 2.50 bits per heavy atom. The van der Waals surface area contributed by atoms with E-state index in [1.54, 1.807) is 6.92 Å². The lowest BCUT2D eigenvalue weighted by molar-refractivity contribution is -0.282. The van der Waals surface area contributed by atoms with Crippen LogP contribution in [0.3, 0.4) is 0 Å². The van der Waals surface area contributed by atoms with Crippen LogP contribution >= 0.6 is 0 Å². The third kappa shape index (κ3) is 2.25. The zero-order valence-electron chi connectivity index (χ0n) is 11.6. The van der Waals surface area contributed by atoms with Gasteiger partial charge >= 0.3 is 12.0 Å². The van der Waals surface area contributed by atoms with E-state index < -0.39 is 18.0 Å². The summed E-state index contributed by atoms with van der Waals surface area (Å²) in [6, 6.07) is 8.78. The number of amides is 1. The summed E-state index contributed by atoms with van der Waals surface area (Å²) >= 11 is 0. The van der Waals surface area contributed by atoms with Crippen molar-refractivity contribution < 1.29 is 19.0 Å². The van der Waals surface area contributed by atoms with Gasteiger partial charge in [0.25, 0.3) is 0 Å². The van der Waals surface area contributed by atoms with E-state index in [2.05, 4.69) is 10.3 Å². The molecule has 2 rings (SSSR count). The largest absolute Gasteiger partial charge is 0.448 e. The molecule has 0 bridgehead atoms. The van der Waals surface area contributed by atoms with Crippen molar-refractivity contribution in [2.75, 3.05) is 20.8 Å². The lowest BCUT2D eigenvalue weighted by Crippen LogP contribution is -2.52. The van der Waals surface area contributed by atoms with Crippen molar-refractivity contribution in [1.82, 2.24) is 5.01 Å². The van der Waals surface area contributed by atoms with Crippen LogP contribution in [0.4, 0.5) is 4.79 Å². The molecule has 1 aromatic rings. The minimum atomic E-state index is -1.44. The topological polar surface area (TPSA) is 72.7 Å². The minimum Gasteiger partial charge on any atom is -0.448 e. The van der Waals surface area contributed by atoms with Gasteiger partial charge < -0.3 is 14.2 Å². The molecule has 1 unspecified atom stereocenters. The van der Waals surface area contributed by atoms with Crippen LogP contribution in [0.2, 0.25) is 0 Å². The van der Waals surface area contributed by atoms with Crippen molar-refractivity contribution in [3.8, 4) is 0 Å². The average molecular weight is 279 g/mol. The maximum atomic E-state index is 11.9. The van der Waals surface area contributed by atoms with Crippen LogP contribution in [0.1, 0.15) is 18.5 Å². The molecule has 1 atom stereocenters. The second-order valence-electron chi connectivity index (χ2n) is 4.07. The fraction of sp³-hybridized carbons (Fsp3) is 0.462. The van der Waals surface area contributed by atoms with Crippen LogP contribution in [0, 0.1) is 0 Å². The standard InChI is InChI=1S/C13H17N3O4/c1-4-20-12(17)16-13(18-2,19-3)11(14-15-16)10-8-6-5-7-9-10/h5-9,11H,4H2,1-3H3. The maximum Gasteiger partial charge on any atom is 0.436 e. The molecule has 0 N–H and O–H groups in total. The molecule has 1 aliphatic heterocycles. The van der Waals surface area contributed by atoms with Gasteiger partial charge in [-0.25, -0.2) is 4.79 Å². The Kier molecular flexibility index (Phi) is 4.31. The van der Waals surface area contributed by atoms with Crippen LogP contribution in [0.5, 0.6) is 0 Å². The van der Waals surface area contributed by atoms with Gasteiger partial charge in [0.2, 0.25) is 0 Å². The summed E-state index contributed by atoms with van der Waals surface area (Å²) in [6.45, 7) is 1.94. The van der Waals surface area contributed by atoms with E-state index in [4.69, 9.17) is 14.2 Å². The second-order valence-corrected chi connectivity index (χ2v) is 4.07. The van der Waals surface area contributed by atoms with Crippen LogP contribution < -0.4 is 0 Å². The molecule has 1 heterocycles. The summed E-state index contributed by atoms with van der Waals surface area (Å²) in [5, 5.41) is 8.91. The lowest BCUT2D eigenvalue weighted by Gasteiger charge is -2.34. The Morgan fingerprint density at radius 2 is 1.95 bits per heavy atom. The van der Waals surface area contributed by atoms with E-state index in [1.165, 1.54) is 14.2 Å². The first-order valence-electron chi connectivity index (χ1n) is 6.22. The van der Waals surface area contributed by atoms with Crippen LogP contribution in [0.15, 0.2) is 40.7 Å². The van der Waals surface area contributed by atoms with Gasteiger partial charge in [0.15, 0.2) is 6.04 Å². The SMILES string of the molecule is CCOC(=O)N1N=NC(c2ccccc2)C1(OC)OC. The monoisotopic (exact) mass is 279 g/mol. The van der Waals surface area contributed by atoms with E-state index in [0.29, 0.717) is 0 Å². The Bertz CT molecular complexity index is 488. The van der Waals surface area contributed by atoms with Gasteiger partial charge in [-0.2, -0.15) is 5.11 Å². The third-order valence-corrected chi connectivity index (χ3v) is 3.04. The van der Waals surface area contributed by atoms with Gasteiger partial charge in [0.1, 0.15) is 0 Å². The van der Waals surface area contributed by atoms with Crippen LogP contribution in [-0.4, -0.2) is 37.8 Å². The fourth-order valence-corrected chi connectivity index (χ4v) is 2.09. The maximum absolute atomic E-state index is 11.9. The number of rotatable bonds is 4. The van der Waals surface area contributed by atoms with Crippen molar-refractivity contribution in [3.05, 3.63) is 35.9 Å². The summed E-state index contributed by atoms with van der Waals surface area (Å²) in [6.07, 6.45) is -0.668. The fourth-order valence-electron chi connectivity index (χ4n) is 2.09. The molecule has 0 saturated heterocycles. The Morgan fingerprint density at radius 1 is 1.30 bits per heavy atom. The van der Waals surface area contributed by atoms with Gasteiger partial charge in [-0.1, -0.05) is 35.6 Å². The average Bonchev–Trinajstić information content (AvgIpc) is 2.88. The zero-order chi connectivity index (χ0) is 14.6. The van der Waals surface area contributed by atoms with Crippen molar-refractivity contribution in [2.24, 2.45) is 10.3 Å². The molecule has 108 valence electrons. The quantitative estimate of drug-likeness (QED) is 0.794. The molecule has 20 heavy (non-hydrogen) atoms. The smallest absolute Gasteiger partial charge is 0.436 e. The van der Waals surface area contributed by atoms with Gasteiger partial charge in [0, 0.05) is 14.2 Å². The number of carbonyl (C=O) groups is 1. The minimum absolute atomic E-state index is 0.227. The predicted molar refractivity (Wildman–Crippen MR) is 69.6 cm³/mol. The number of hydrogen-bond acceptors (Lipinski definition) is 6. The molecule has 0 aliphatic carbocycles. The highest BCUT2D eigenvalue weighted by molar-refractivity contribution is 5.68. The van der Waals surface area contributed by atoms with E-state index in [1.807, 2.05) is 30.3 Å². The molecule has 0 fully saturated rings. The van der Waals surface area contributed by atoms with Gasteiger partial charge in [0.05, 0.1) is 6.61 Å². The van der Waals surface area contributed by atoms with E-state index >= 15 is 0 Å². The Hall–Kier alpha value is -1.99. The summed E-state index contributed by atoms with van der Waals surface area (Å²) in [4.78, 5) is 11.9. The summed E-state index contributed by atoms with van der Waals surface area (Å²) in [5.74, 6) is -1.44. The molecular formula is C13H17N3O4. The number of carbonyl (C=O) groups excluding carboxylic acids is 1. The molecule has 1 aliphatic rings. The number of benzene rings is 1. The number of ether oxygens (including phenoxy) is 3. The highest BCUT2D eigenvalue weighted by Gasteiger charge is 2.55. The van der Waals surface area contributed by atoms with E-state index in [0.717, 1.165) is 10.6 Å². The van der Waals surface area contributed by atoms with E-state index in [9.17, 15) is 4.79 Å². The zero-order valence-corrected chi connectivity index (χ0v) is 11.6. The van der Waals surface area contributed by atoms with Gasteiger partial charge in [-0.3, -0.25) is 0 Å². The molecular weight excluding hydrogens is 262 g/mol. The van der Waals surface area contributed by atoms with Gasteiger partial charge in [-0.15, -0.1) is 5.01 Å². The first-order valence-corrected chi connectivity index (χ1v) is 6.22. The summed E-state index contributed by atoms with van der Waals surface area (Å²) < 4.78 is 15.8. The molecule has 1 aromatic carbocycles. The number of hydrogen-bond donors (Lipinski definition) is 0. The van der Waals surface area contributed by atoms with Crippen molar-refractivity contribution >= 4 is 6.09 Å². The Balaban J connectivity index is 2.36. The van der Waals surface area contributed by atoms with Crippen LogP contribution in [0.25, 0.3) is 0 Å². The molecule has 0 aromatic heterocycles. The number of nitrogens with zero attached hydrogens (tertiary/aromatic N) is 3. The number of methoxy groups -OCH3 is 2. The van der Waals surface area contributed by atoms with Crippen molar-refractivity contribution in [1.29, 1.82) is 0 Å².